The molecule has 0 spiro atoms. The third-order valence-corrected chi connectivity index (χ3v) is 6.96. The summed E-state index contributed by atoms with van der Waals surface area (Å²) in [6.45, 7) is 3.21. The normalized spacial score (nSPS) is 15.9. The van der Waals surface area contributed by atoms with Crippen molar-refractivity contribution in [3.63, 3.8) is 0 Å². The third kappa shape index (κ3) is 5.60. The van der Waals surface area contributed by atoms with Crippen molar-refractivity contribution in [1.82, 2.24) is 14.5 Å². The topological polar surface area (TPSA) is 86.8 Å². The molecule has 1 fully saturated rings. The van der Waals surface area contributed by atoms with Crippen molar-refractivity contribution in [2.24, 2.45) is 0 Å². The SMILES string of the molecule is CNC1CCN(C(=O)CCCN(C)S(=O)(=O)c2ccc(C(C)=O)cc2)CC1. The maximum absolute atomic E-state index is 12.6. The summed E-state index contributed by atoms with van der Waals surface area (Å²) in [4.78, 5) is 25.6. The lowest BCUT2D eigenvalue weighted by molar-refractivity contribution is -0.132. The highest BCUT2D eigenvalue weighted by Gasteiger charge is 2.23. The predicted octanol–water partition coefficient (Wildman–Crippen LogP) is 1.50. The Morgan fingerprint density at radius 1 is 1.19 bits per heavy atom. The van der Waals surface area contributed by atoms with Crippen LogP contribution in [-0.4, -0.2) is 69.1 Å². The molecule has 0 atom stereocenters. The summed E-state index contributed by atoms with van der Waals surface area (Å²) in [6.07, 6.45) is 2.72. The fraction of sp³-hybridized carbons (Fsp3) is 0.579. The molecule has 7 nitrogen and oxygen atoms in total. The molecule has 0 unspecified atom stereocenters. The molecule has 1 aromatic rings. The third-order valence-electron chi connectivity index (χ3n) is 5.09. The molecule has 1 aromatic carbocycles. The minimum Gasteiger partial charge on any atom is -0.343 e. The molecule has 150 valence electrons. The lowest BCUT2D eigenvalue weighted by atomic mass is 10.0. The molecular formula is C19H29N3O4S. The number of sulfonamides is 1. The molecule has 1 N–H and O–H groups in total. The zero-order chi connectivity index (χ0) is 20.0. The van der Waals surface area contributed by atoms with E-state index in [0.29, 0.717) is 24.4 Å². The van der Waals surface area contributed by atoms with Crippen molar-refractivity contribution in [2.75, 3.05) is 33.7 Å². The summed E-state index contributed by atoms with van der Waals surface area (Å²) in [5.74, 6) is -0.0225. The van der Waals surface area contributed by atoms with E-state index in [2.05, 4.69) is 5.32 Å². The molecule has 27 heavy (non-hydrogen) atoms. The monoisotopic (exact) mass is 395 g/mol. The number of rotatable bonds is 8. The number of ketones is 1. The lowest BCUT2D eigenvalue weighted by Gasteiger charge is -2.32. The second-order valence-corrected chi connectivity index (χ2v) is 9.00. The van der Waals surface area contributed by atoms with Gasteiger partial charge in [-0.2, -0.15) is 0 Å². The summed E-state index contributed by atoms with van der Waals surface area (Å²) < 4.78 is 26.5. The molecule has 1 aliphatic heterocycles. The molecule has 0 saturated carbocycles. The highest BCUT2D eigenvalue weighted by atomic mass is 32.2. The maximum atomic E-state index is 12.6. The number of Topliss-reactive ketones (excluding diaryl/α,β-unsaturated/α-hetero) is 1. The molecule has 1 heterocycles. The van der Waals surface area contributed by atoms with Gasteiger partial charge in [0.2, 0.25) is 15.9 Å². The van der Waals surface area contributed by atoms with E-state index in [1.54, 1.807) is 0 Å². The quantitative estimate of drug-likeness (QED) is 0.674. The van der Waals surface area contributed by atoms with E-state index in [1.165, 1.54) is 42.5 Å². The first-order chi connectivity index (χ1) is 12.8. The predicted molar refractivity (Wildman–Crippen MR) is 104 cm³/mol. The van der Waals surface area contributed by atoms with E-state index in [0.717, 1.165) is 25.9 Å². The first-order valence-corrected chi connectivity index (χ1v) is 10.7. The first-order valence-electron chi connectivity index (χ1n) is 9.28. The Hall–Kier alpha value is -1.77. The van der Waals surface area contributed by atoms with Gasteiger partial charge in [-0.3, -0.25) is 9.59 Å². The molecule has 1 aliphatic rings. The second-order valence-electron chi connectivity index (χ2n) is 6.95. The van der Waals surface area contributed by atoms with E-state index >= 15 is 0 Å². The Kier molecular flexibility index (Phi) is 7.52. The summed E-state index contributed by atoms with van der Waals surface area (Å²) >= 11 is 0. The van der Waals surface area contributed by atoms with Crippen molar-refractivity contribution in [2.45, 2.75) is 43.5 Å². The van der Waals surface area contributed by atoms with E-state index in [-0.39, 0.29) is 23.1 Å². The van der Waals surface area contributed by atoms with Crippen LogP contribution in [0, 0.1) is 0 Å². The molecule has 0 aliphatic carbocycles. The van der Waals surface area contributed by atoms with Gasteiger partial charge in [0.15, 0.2) is 5.78 Å². The maximum Gasteiger partial charge on any atom is 0.242 e. The Morgan fingerprint density at radius 2 is 1.78 bits per heavy atom. The first kappa shape index (κ1) is 21.5. The molecule has 2 rings (SSSR count). The Bertz CT molecular complexity index is 754. The van der Waals surface area contributed by atoms with Gasteiger partial charge < -0.3 is 10.2 Å². The number of nitrogens with zero attached hydrogens (tertiary/aromatic N) is 2. The van der Waals surface area contributed by atoms with Gasteiger partial charge in [-0.25, -0.2) is 12.7 Å². The molecule has 1 amide bonds. The number of nitrogens with one attached hydrogen (secondary N) is 1. The summed E-state index contributed by atoms with van der Waals surface area (Å²) in [5, 5.41) is 3.23. The number of likely N-dealkylation sites (tertiary alicyclic amines) is 1. The van der Waals surface area contributed by atoms with Gasteiger partial charge in [-0.1, -0.05) is 12.1 Å². The fourth-order valence-corrected chi connectivity index (χ4v) is 4.40. The van der Waals surface area contributed by atoms with Crippen LogP contribution < -0.4 is 5.32 Å². The highest BCUT2D eigenvalue weighted by Crippen LogP contribution is 2.17. The number of carbonyl (C=O) groups is 2. The standard InChI is InChI=1S/C19H29N3O4S/c1-15(23)16-6-8-18(9-7-16)27(25,26)21(3)12-4-5-19(24)22-13-10-17(20-2)11-14-22/h6-9,17,20H,4-5,10-14H2,1-3H3. The number of hydrogen-bond donors (Lipinski definition) is 1. The smallest absolute Gasteiger partial charge is 0.242 e. The van der Waals surface area contributed by atoms with Crippen LogP contribution in [0.15, 0.2) is 29.2 Å². The summed E-state index contributed by atoms with van der Waals surface area (Å²) in [6, 6.07) is 6.39. The van der Waals surface area contributed by atoms with Gasteiger partial charge in [0.1, 0.15) is 0 Å². The molecule has 8 heteroatoms. The van der Waals surface area contributed by atoms with Crippen LogP contribution in [0.2, 0.25) is 0 Å². The Morgan fingerprint density at radius 3 is 2.30 bits per heavy atom. The summed E-state index contributed by atoms with van der Waals surface area (Å²) in [5.41, 5.74) is 0.476. The van der Waals surface area contributed by atoms with Crippen LogP contribution in [0.5, 0.6) is 0 Å². The number of benzene rings is 1. The highest BCUT2D eigenvalue weighted by molar-refractivity contribution is 7.89. The van der Waals surface area contributed by atoms with Crippen LogP contribution in [0.1, 0.15) is 43.0 Å². The van der Waals surface area contributed by atoms with Gasteiger partial charge in [0.25, 0.3) is 0 Å². The van der Waals surface area contributed by atoms with Crippen LogP contribution >= 0.6 is 0 Å². The van der Waals surface area contributed by atoms with Crippen molar-refractivity contribution < 1.29 is 18.0 Å². The number of piperidine rings is 1. The fourth-order valence-electron chi connectivity index (χ4n) is 3.19. The average molecular weight is 396 g/mol. The van der Waals surface area contributed by atoms with Gasteiger partial charge in [0.05, 0.1) is 4.90 Å². The average Bonchev–Trinajstić information content (AvgIpc) is 2.67. The van der Waals surface area contributed by atoms with Crippen LogP contribution in [0.4, 0.5) is 0 Å². The Balaban J connectivity index is 1.84. The van der Waals surface area contributed by atoms with Gasteiger partial charge >= 0.3 is 0 Å². The van der Waals surface area contributed by atoms with E-state index in [4.69, 9.17) is 0 Å². The summed E-state index contributed by atoms with van der Waals surface area (Å²) in [7, 11) is -0.178. The van der Waals surface area contributed by atoms with Crippen molar-refractivity contribution in [3.8, 4) is 0 Å². The van der Waals surface area contributed by atoms with E-state index in [1.807, 2.05) is 11.9 Å². The minimum atomic E-state index is -3.63. The van der Waals surface area contributed by atoms with Crippen LogP contribution in [-0.2, 0) is 14.8 Å². The van der Waals surface area contributed by atoms with E-state index < -0.39 is 10.0 Å². The minimum absolute atomic E-state index is 0.0844. The zero-order valence-electron chi connectivity index (χ0n) is 16.3. The van der Waals surface area contributed by atoms with Crippen LogP contribution in [0.3, 0.4) is 0 Å². The largest absolute Gasteiger partial charge is 0.343 e. The number of hydrogen-bond acceptors (Lipinski definition) is 5. The van der Waals surface area contributed by atoms with Crippen molar-refractivity contribution >= 4 is 21.7 Å². The second kappa shape index (κ2) is 9.43. The number of amides is 1. The van der Waals surface area contributed by atoms with Crippen molar-refractivity contribution in [3.05, 3.63) is 29.8 Å². The molecule has 1 saturated heterocycles. The number of carbonyl (C=O) groups excluding carboxylic acids is 2. The lowest BCUT2D eigenvalue weighted by Crippen LogP contribution is -2.44. The van der Waals surface area contributed by atoms with Crippen LogP contribution in [0.25, 0.3) is 0 Å². The van der Waals surface area contributed by atoms with Gasteiger partial charge in [0, 0.05) is 44.7 Å². The molecule has 0 aromatic heterocycles. The zero-order valence-corrected chi connectivity index (χ0v) is 17.1. The van der Waals surface area contributed by atoms with Gasteiger partial charge in [-0.05, 0) is 45.4 Å². The Labute approximate surface area is 161 Å². The van der Waals surface area contributed by atoms with E-state index in [9.17, 15) is 18.0 Å². The van der Waals surface area contributed by atoms with Crippen molar-refractivity contribution in [1.29, 1.82) is 0 Å². The molecular weight excluding hydrogens is 366 g/mol. The molecule has 0 bridgehead atoms. The van der Waals surface area contributed by atoms with Gasteiger partial charge in [-0.15, -0.1) is 0 Å². The molecule has 0 radical (unpaired) electrons.